The third-order valence-corrected chi connectivity index (χ3v) is 2.63. The molecule has 1 amide bonds. The van der Waals surface area contributed by atoms with Crippen LogP contribution in [0.5, 0.6) is 0 Å². The van der Waals surface area contributed by atoms with E-state index in [1.54, 1.807) is 44.3 Å². The van der Waals surface area contributed by atoms with Crippen molar-refractivity contribution in [1.82, 2.24) is 10.3 Å². The maximum absolute atomic E-state index is 12.0. The molecule has 0 saturated heterocycles. The average Bonchev–Trinajstić information content (AvgIpc) is 2.85. The second-order valence-corrected chi connectivity index (χ2v) is 4.19. The van der Waals surface area contributed by atoms with E-state index < -0.39 is 0 Å². The number of aromatic nitrogens is 1. The molecule has 19 heavy (non-hydrogen) atoms. The number of nitriles is 1. The number of nitrogens with zero attached hydrogens (tertiary/aromatic N) is 2. The van der Waals surface area contributed by atoms with Gasteiger partial charge in [-0.15, -0.1) is 0 Å². The zero-order valence-corrected chi connectivity index (χ0v) is 10.7. The molecule has 1 aromatic carbocycles. The Morgan fingerprint density at radius 2 is 2.11 bits per heavy atom. The molecule has 5 heteroatoms. The molecule has 96 valence electrons. The van der Waals surface area contributed by atoms with Crippen LogP contribution in [0.3, 0.4) is 0 Å². The van der Waals surface area contributed by atoms with Gasteiger partial charge in [0.05, 0.1) is 17.8 Å². The van der Waals surface area contributed by atoms with E-state index in [2.05, 4.69) is 10.3 Å². The van der Waals surface area contributed by atoms with E-state index in [1.165, 1.54) is 0 Å². The normalized spacial score (nSPS) is 11.6. The Hall–Kier alpha value is -2.61. The molecule has 1 heterocycles. The van der Waals surface area contributed by atoms with Gasteiger partial charge in [-0.2, -0.15) is 5.26 Å². The fourth-order valence-corrected chi connectivity index (χ4v) is 1.61. The summed E-state index contributed by atoms with van der Waals surface area (Å²) in [7, 11) is 0. The molecule has 1 atom stereocenters. The van der Waals surface area contributed by atoms with Crippen LogP contribution in [-0.2, 0) is 0 Å². The molecule has 0 aliphatic rings. The molecule has 0 saturated carbocycles. The van der Waals surface area contributed by atoms with Crippen molar-refractivity contribution in [2.75, 3.05) is 0 Å². The molecule has 0 spiro atoms. The van der Waals surface area contributed by atoms with Gasteiger partial charge in [0.25, 0.3) is 5.91 Å². The zero-order valence-electron chi connectivity index (χ0n) is 10.7. The summed E-state index contributed by atoms with van der Waals surface area (Å²) in [6.45, 7) is 3.60. The summed E-state index contributed by atoms with van der Waals surface area (Å²) < 4.78 is 5.35. The molecular weight excluding hydrogens is 242 g/mol. The number of nitrogens with one attached hydrogen (secondary N) is 1. The van der Waals surface area contributed by atoms with Crippen molar-refractivity contribution < 1.29 is 9.21 Å². The smallest absolute Gasteiger partial charge is 0.251 e. The van der Waals surface area contributed by atoms with Gasteiger partial charge in [0, 0.05) is 5.56 Å². The highest BCUT2D eigenvalue weighted by Gasteiger charge is 2.15. The van der Waals surface area contributed by atoms with Crippen molar-refractivity contribution in [2.24, 2.45) is 0 Å². The number of rotatable bonds is 3. The van der Waals surface area contributed by atoms with Gasteiger partial charge in [0.15, 0.2) is 0 Å². The van der Waals surface area contributed by atoms with Gasteiger partial charge in [0.2, 0.25) is 5.89 Å². The molecule has 2 rings (SSSR count). The highest BCUT2D eigenvalue weighted by molar-refractivity contribution is 5.94. The lowest BCUT2D eigenvalue weighted by Crippen LogP contribution is -2.26. The minimum atomic E-state index is -0.308. The quantitative estimate of drug-likeness (QED) is 0.913. The third kappa shape index (κ3) is 2.99. The Balaban J connectivity index is 2.06. The maximum Gasteiger partial charge on any atom is 0.251 e. The first-order valence-electron chi connectivity index (χ1n) is 5.83. The van der Waals surface area contributed by atoms with Crippen molar-refractivity contribution in [1.29, 1.82) is 5.26 Å². The minimum absolute atomic E-state index is 0.229. The first-order chi connectivity index (χ1) is 9.10. The lowest BCUT2D eigenvalue weighted by Gasteiger charge is -2.10. The van der Waals surface area contributed by atoms with Crippen LogP contribution in [-0.4, -0.2) is 10.9 Å². The number of aryl methyl sites for hydroxylation is 1. The van der Waals surface area contributed by atoms with Gasteiger partial charge < -0.3 is 9.73 Å². The topological polar surface area (TPSA) is 78.9 Å². The van der Waals surface area contributed by atoms with Crippen LogP contribution in [0.2, 0.25) is 0 Å². The van der Waals surface area contributed by atoms with Crippen LogP contribution in [0.4, 0.5) is 0 Å². The summed E-state index contributed by atoms with van der Waals surface area (Å²) >= 11 is 0. The van der Waals surface area contributed by atoms with Crippen molar-refractivity contribution in [3.8, 4) is 6.07 Å². The molecule has 0 aliphatic heterocycles. The van der Waals surface area contributed by atoms with Crippen molar-refractivity contribution in [3.63, 3.8) is 0 Å². The van der Waals surface area contributed by atoms with E-state index >= 15 is 0 Å². The highest BCUT2D eigenvalue weighted by atomic mass is 16.4. The van der Waals surface area contributed by atoms with Crippen LogP contribution in [0.1, 0.15) is 40.5 Å². The Morgan fingerprint density at radius 3 is 2.63 bits per heavy atom. The van der Waals surface area contributed by atoms with Crippen molar-refractivity contribution in [2.45, 2.75) is 19.9 Å². The highest BCUT2D eigenvalue weighted by Crippen LogP contribution is 2.13. The summed E-state index contributed by atoms with van der Waals surface area (Å²) in [6.07, 6.45) is 1.61. The van der Waals surface area contributed by atoms with Crippen LogP contribution in [0.25, 0.3) is 0 Å². The fraction of sp³-hybridized carbons (Fsp3) is 0.214. The molecule has 1 aromatic heterocycles. The molecule has 5 nitrogen and oxygen atoms in total. The zero-order chi connectivity index (χ0) is 13.8. The maximum atomic E-state index is 12.0. The second kappa shape index (κ2) is 5.36. The standard InChI is InChI=1S/C14H13N3O2/c1-9-8-16-14(19-9)10(2)17-13(18)12-5-3-11(7-15)4-6-12/h3-6,8,10H,1-2H3,(H,17,18). The van der Waals surface area contributed by atoms with Crippen LogP contribution in [0.15, 0.2) is 34.9 Å². The summed E-state index contributed by atoms with van der Waals surface area (Å²) in [5.41, 5.74) is 1.02. The Kier molecular flexibility index (Phi) is 3.62. The van der Waals surface area contributed by atoms with Gasteiger partial charge in [0.1, 0.15) is 11.8 Å². The van der Waals surface area contributed by atoms with E-state index in [0.29, 0.717) is 22.8 Å². The number of hydrogen-bond donors (Lipinski definition) is 1. The summed E-state index contributed by atoms with van der Waals surface area (Å²) in [6, 6.07) is 8.13. The predicted octanol–water partition coefficient (Wildman–Crippen LogP) is 2.35. The first kappa shape index (κ1) is 12.8. The van der Waals surface area contributed by atoms with Gasteiger partial charge in [-0.3, -0.25) is 4.79 Å². The van der Waals surface area contributed by atoms with Crippen molar-refractivity contribution in [3.05, 3.63) is 53.2 Å². The lowest BCUT2D eigenvalue weighted by atomic mass is 10.1. The fourth-order valence-electron chi connectivity index (χ4n) is 1.61. The number of hydrogen-bond acceptors (Lipinski definition) is 4. The molecule has 0 bridgehead atoms. The van der Waals surface area contributed by atoms with Crippen LogP contribution < -0.4 is 5.32 Å². The van der Waals surface area contributed by atoms with E-state index in [1.807, 2.05) is 6.07 Å². The summed E-state index contributed by atoms with van der Waals surface area (Å²) in [5, 5.41) is 11.5. The second-order valence-electron chi connectivity index (χ2n) is 4.19. The minimum Gasteiger partial charge on any atom is -0.444 e. The number of carbonyl (C=O) groups is 1. The molecule has 0 radical (unpaired) electrons. The van der Waals surface area contributed by atoms with E-state index in [4.69, 9.17) is 9.68 Å². The van der Waals surface area contributed by atoms with Crippen LogP contribution >= 0.6 is 0 Å². The molecule has 1 N–H and O–H groups in total. The van der Waals surface area contributed by atoms with Gasteiger partial charge >= 0.3 is 0 Å². The number of carbonyl (C=O) groups excluding carboxylic acids is 1. The molecule has 2 aromatic rings. The van der Waals surface area contributed by atoms with E-state index in [9.17, 15) is 4.79 Å². The Labute approximate surface area is 110 Å². The molecule has 0 fully saturated rings. The van der Waals surface area contributed by atoms with Crippen LogP contribution in [0, 0.1) is 18.3 Å². The largest absolute Gasteiger partial charge is 0.444 e. The number of amides is 1. The Bertz CT molecular complexity index is 623. The summed E-state index contributed by atoms with van der Waals surface area (Å²) in [4.78, 5) is 16.0. The molecular formula is C14H13N3O2. The van der Waals surface area contributed by atoms with E-state index in [0.717, 1.165) is 0 Å². The number of oxazole rings is 1. The van der Waals surface area contributed by atoms with Crippen molar-refractivity contribution >= 4 is 5.91 Å². The Morgan fingerprint density at radius 1 is 1.42 bits per heavy atom. The summed E-state index contributed by atoms with van der Waals surface area (Å²) in [5.74, 6) is 0.946. The molecule has 1 unspecified atom stereocenters. The number of benzene rings is 1. The SMILES string of the molecule is Cc1cnc(C(C)NC(=O)c2ccc(C#N)cc2)o1. The van der Waals surface area contributed by atoms with E-state index in [-0.39, 0.29) is 11.9 Å². The van der Waals surface area contributed by atoms with Gasteiger partial charge in [-0.05, 0) is 38.1 Å². The van der Waals surface area contributed by atoms with Gasteiger partial charge in [-0.1, -0.05) is 0 Å². The molecule has 0 aliphatic carbocycles. The first-order valence-corrected chi connectivity index (χ1v) is 5.83. The average molecular weight is 255 g/mol. The van der Waals surface area contributed by atoms with Gasteiger partial charge in [-0.25, -0.2) is 4.98 Å². The predicted molar refractivity (Wildman–Crippen MR) is 68.3 cm³/mol. The monoisotopic (exact) mass is 255 g/mol. The lowest BCUT2D eigenvalue weighted by molar-refractivity contribution is 0.0934. The third-order valence-electron chi connectivity index (χ3n) is 2.63.